The monoisotopic (exact) mass is 702 g/mol. The maximum atomic E-state index is 12.8. The third-order valence-electron chi connectivity index (χ3n) is 10.4. The number of hydrogen-bond donors (Lipinski definition) is 0. The van der Waals surface area contributed by atoms with Crippen LogP contribution in [0.2, 0.25) is 0 Å². The van der Waals surface area contributed by atoms with Crippen LogP contribution >= 0.6 is 0 Å². The SMILES string of the molecule is CCOc1ccc2c(c1)C(=O)c1cccc(OCCCN3CCCC3)c1-2.CCOc1ccc2c(c1)C(=O)c1cccc(OCCN3CCCCC3)c1-2. The summed E-state index contributed by atoms with van der Waals surface area (Å²) >= 11 is 0. The summed E-state index contributed by atoms with van der Waals surface area (Å²) in [6.07, 6.45) is 7.54. The first-order valence-electron chi connectivity index (χ1n) is 19.2. The smallest absolute Gasteiger partial charge is 0.194 e. The lowest BCUT2D eigenvalue weighted by Gasteiger charge is -2.26. The van der Waals surface area contributed by atoms with Gasteiger partial charge in [0.05, 0.1) is 19.8 Å². The largest absolute Gasteiger partial charge is 0.494 e. The maximum absolute atomic E-state index is 12.8. The van der Waals surface area contributed by atoms with E-state index in [1.54, 1.807) is 0 Å². The van der Waals surface area contributed by atoms with E-state index in [-0.39, 0.29) is 11.6 Å². The first-order valence-corrected chi connectivity index (χ1v) is 19.2. The minimum atomic E-state index is 0.0537. The molecule has 8 rings (SSSR count). The molecular weight excluding hydrogens is 652 g/mol. The summed E-state index contributed by atoms with van der Waals surface area (Å²) in [5.74, 6) is 3.19. The molecule has 0 amide bonds. The first-order chi connectivity index (χ1) is 25.6. The van der Waals surface area contributed by atoms with E-state index < -0.39 is 0 Å². The van der Waals surface area contributed by atoms with Crippen LogP contribution in [0.4, 0.5) is 0 Å². The highest BCUT2D eigenvalue weighted by Gasteiger charge is 2.31. The number of likely N-dealkylation sites (tertiary alicyclic amines) is 2. The zero-order chi connectivity index (χ0) is 35.9. The van der Waals surface area contributed by atoms with Crippen LogP contribution in [0.1, 0.15) is 84.2 Å². The molecule has 0 atom stereocenters. The molecule has 2 saturated heterocycles. The Morgan fingerprint density at radius 2 is 0.981 bits per heavy atom. The van der Waals surface area contributed by atoms with Gasteiger partial charge in [0.1, 0.15) is 29.6 Å². The summed E-state index contributed by atoms with van der Waals surface area (Å²) in [5, 5.41) is 0. The fourth-order valence-electron chi connectivity index (χ4n) is 7.84. The Kier molecular flexibility index (Phi) is 11.5. The number of ketones is 2. The summed E-state index contributed by atoms with van der Waals surface area (Å²) in [6, 6.07) is 23.0. The van der Waals surface area contributed by atoms with E-state index >= 15 is 0 Å². The molecule has 2 heterocycles. The number of carbonyl (C=O) groups excluding carboxylic acids is 2. The second kappa shape index (κ2) is 16.8. The van der Waals surface area contributed by atoms with Crippen molar-refractivity contribution in [3.8, 4) is 45.3 Å². The minimum Gasteiger partial charge on any atom is -0.494 e. The second-order valence-electron chi connectivity index (χ2n) is 13.8. The van der Waals surface area contributed by atoms with Crippen molar-refractivity contribution >= 4 is 11.6 Å². The van der Waals surface area contributed by atoms with E-state index in [0.717, 1.165) is 89.0 Å². The van der Waals surface area contributed by atoms with Crippen molar-refractivity contribution in [2.24, 2.45) is 0 Å². The van der Waals surface area contributed by atoms with E-state index in [1.165, 1.54) is 45.2 Å². The van der Waals surface area contributed by atoms with Crippen LogP contribution in [0.25, 0.3) is 22.3 Å². The van der Waals surface area contributed by atoms with E-state index in [9.17, 15) is 9.59 Å². The van der Waals surface area contributed by atoms with E-state index in [1.807, 2.05) is 86.6 Å². The molecule has 4 aromatic carbocycles. The Hall–Kier alpha value is -4.66. The number of carbonyl (C=O) groups is 2. The quantitative estimate of drug-likeness (QED) is 0.111. The number of ether oxygens (including phenoxy) is 4. The second-order valence-corrected chi connectivity index (χ2v) is 13.8. The van der Waals surface area contributed by atoms with Crippen molar-refractivity contribution in [1.82, 2.24) is 9.80 Å². The van der Waals surface area contributed by atoms with Crippen LogP contribution in [0, 0.1) is 0 Å². The van der Waals surface area contributed by atoms with Gasteiger partial charge in [0.25, 0.3) is 0 Å². The number of benzene rings is 4. The van der Waals surface area contributed by atoms with Gasteiger partial charge < -0.3 is 23.8 Å². The highest BCUT2D eigenvalue weighted by molar-refractivity contribution is 6.23. The van der Waals surface area contributed by atoms with E-state index in [2.05, 4.69) is 9.80 Å². The lowest BCUT2D eigenvalue weighted by molar-refractivity contribution is 0.103. The van der Waals surface area contributed by atoms with E-state index in [4.69, 9.17) is 18.9 Å². The van der Waals surface area contributed by atoms with Gasteiger partial charge >= 0.3 is 0 Å². The van der Waals surface area contributed by atoms with Crippen LogP contribution in [0.15, 0.2) is 72.8 Å². The summed E-state index contributed by atoms with van der Waals surface area (Å²) in [4.78, 5) is 30.5. The Morgan fingerprint density at radius 3 is 1.50 bits per heavy atom. The molecule has 2 aliphatic heterocycles. The highest BCUT2D eigenvalue weighted by atomic mass is 16.5. The molecule has 52 heavy (non-hydrogen) atoms. The minimum absolute atomic E-state index is 0.0537. The van der Waals surface area contributed by atoms with Gasteiger partial charge in [-0.05, 0) is 132 Å². The summed E-state index contributed by atoms with van der Waals surface area (Å²) in [5.41, 5.74) is 6.61. The average Bonchev–Trinajstić information content (AvgIpc) is 3.87. The predicted molar refractivity (Wildman–Crippen MR) is 205 cm³/mol. The topological polar surface area (TPSA) is 77.5 Å². The third-order valence-corrected chi connectivity index (χ3v) is 10.4. The highest BCUT2D eigenvalue weighted by Crippen LogP contribution is 2.45. The molecule has 2 aliphatic carbocycles. The molecule has 4 aliphatic rings. The fourth-order valence-corrected chi connectivity index (χ4v) is 7.84. The molecule has 0 aromatic heterocycles. The van der Waals surface area contributed by atoms with Crippen LogP contribution < -0.4 is 18.9 Å². The van der Waals surface area contributed by atoms with Gasteiger partial charge in [-0.1, -0.05) is 30.7 Å². The molecule has 0 saturated carbocycles. The van der Waals surface area contributed by atoms with Crippen molar-refractivity contribution in [2.75, 3.05) is 65.7 Å². The lowest BCUT2D eigenvalue weighted by atomic mass is 10.0. The first kappa shape index (κ1) is 35.7. The van der Waals surface area contributed by atoms with Gasteiger partial charge in [0.15, 0.2) is 11.6 Å². The molecule has 0 unspecified atom stereocenters. The molecule has 0 spiro atoms. The van der Waals surface area contributed by atoms with Crippen LogP contribution in [0.5, 0.6) is 23.0 Å². The fraction of sp³-hybridized carbons (Fsp3) is 0.409. The Bertz CT molecular complexity index is 1890. The van der Waals surface area contributed by atoms with Gasteiger partial charge in [0, 0.05) is 46.5 Å². The third kappa shape index (κ3) is 7.74. The van der Waals surface area contributed by atoms with Crippen molar-refractivity contribution in [3.05, 3.63) is 95.1 Å². The molecule has 8 heteroatoms. The normalized spacial score (nSPS) is 16.0. The van der Waals surface area contributed by atoms with Gasteiger partial charge in [0.2, 0.25) is 0 Å². The Labute approximate surface area is 307 Å². The molecule has 2 fully saturated rings. The van der Waals surface area contributed by atoms with Crippen molar-refractivity contribution < 1.29 is 28.5 Å². The molecule has 4 aromatic rings. The summed E-state index contributed by atoms with van der Waals surface area (Å²) < 4.78 is 23.3. The molecular formula is C44H50N2O6. The molecule has 8 nitrogen and oxygen atoms in total. The van der Waals surface area contributed by atoms with Gasteiger partial charge in [-0.2, -0.15) is 0 Å². The zero-order valence-electron chi connectivity index (χ0n) is 30.6. The molecule has 272 valence electrons. The molecule has 0 N–H and O–H groups in total. The van der Waals surface area contributed by atoms with Gasteiger partial charge in [-0.3, -0.25) is 14.5 Å². The number of rotatable bonds is 13. The summed E-state index contributed by atoms with van der Waals surface area (Å²) in [6.45, 7) is 13.2. The van der Waals surface area contributed by atoms with Crippen molar-refractivity contribution in [3.63, 3.8) is 0 Å². The summed E-state index contributed by atoms with van der Waals surface area (Å²) in [7, 11) is 0. The number of hydrogen-bond acceptors (Lipinski definition) is 8. The number of nitrogens with zero attached hydrogens (tertiary/aromatic N) is 2. The van der Waals surface area contributed by atoms with Crippen LogP contribution in [-0.2, 0) is 0 Å². The Balaban J connectivity index is 0.000000162. The number of piperidine rings is 1. The van der Waals surface area contributed by atoms with Crippen molar-refractivity contribution in [2.45, 2.75) is 52.4 Å². The van der Waals surface area contributed by atoms with Gasteiger partial charge in [-0.15, -0.1) is 0 Å². The Morgan fingerprint density at radius 1 is 0.500 bits per heavy atom. The molecule has 0 radical (unpaired) electrons. The van der Waals surface area contributed by atoms with E-state index in [0.29, 0.717) is 37.6 Å². The standard InChI is InChI=1S/2C22H25NO3/c1-2-25-16-9-10-17-19(15-16)22(24)18-7-5-8-20(21(17)18)26-14-6-13-23-11-3-4-12-23;1-2-25-16-9-10-17-19(15-16)22(24)18-7-6-8-20(21(17)18)26-14-13-23-11-4-3-5-12-23/h5,7-10,15H,2-4,6,11-14H2,1H3;6-10,15H,2-5,11-14H2,1H3. The number of fused-ring (bicyclic) bond motifs is 6. The zero-order valence-corrected chi connectivity index (χ0v) is 30.6. The predicted octanol–water partition coefficient (Wildman–Crippen LogP) is 8.32. The van der Waals surface area contributed by atoms with Gasteiger partial charge in [-0.25, -0.2) is 0 Å². The molecule has 0 bridgehead atoms. The van der Waals surface area contributed by atoms with Crippen LogP contribution in [-0.4, -0.2) is 87.1 Å². The maximum Gasteiger partial charge on any atom is 0.194 e. The lowest BCUT2D eigenvalue weighted by Crippen LogP contribution is -2.33. The average molecular weight is 703 g/mol. The van der Waals surface area contributed by atoms with Crippen molar-refractivity contribution in [1.29, 1.82) is 0 Å². The van der Waals surface area contributed by atoms with Crippen LogP contribution in [0.3, 0.4) is 0 Å².